The second-order valence-electron chi connectivity index (χ2n) is 32.6. The van der Waals surface area contributed by atoms with Gasteiger partial charge in [0.15, 0.2) is 28.5 Å². The molecule has 15 heterocycles. The maximum Gasteiger partial charge on any atom is 0.270 e. The van der Waals surface area contributed by atoms with E-state index in [0.29, 0.717) is 29.7 Å². The lowest BCUT2D eigenvalue weighted by Gasteiger charge is -2.10. The van der Waals surface area contributed by atoms with E-state index in [-0.39, 0.29) is 28.5 Å². The van der Waals surface area contributed by atoms with Gasteiger partial charge in [-0.3, -0.25) is 24.0 Å². The van der Waals surface area contributed by atoms with E-state index in [1.807, 2.05) is 35.3 Å². The molecule has 10 aromatic heterocycles. The van der Waals surface area contributed by atoms with Crippen molar-refractivity contribution >= 4 is 172 Å². The van der Waals surface area contributed by atoms with Crippen molar-refractivity contribution in [3.8, 4) is 52.2 Å². The molecule has 0 bridgehead atoms. The van der Waals surface area contributed by atoms with Crippen LogP contribution in [0.4, 0.5) is 0 Å². The fourth-order valence-corrected chi connectivity index (χ4v) is 25.8. The van der Waals surface area contributed by atoms with E-state index >= 15 is 0 Å². The summed E-state index contributed by atoms with van der Waals surface area (Å²) >= 11 is 13.8. The first-order valence-electron chi connectivity index (χ1n) is 41.9. The molecule has 20 rings (SSSR count). The number of fused-ring (bicyclic) bond motifs is 5. The lowest BCUT2D eigenvalue weighted by molar-refractivity contribution is 0.0988. The van der Waals surface area contributed by atoms with E-state index in [1.54, 1.807) is 56.7 Å². The van der Waals surface area contributed by atoms with E-state index in [0.717, 1.165) is 196 Å². The van der Waals surface area contributed by atoms with Crippen LogP contribution in [0.15, 0.2) is 152 Å². The lowest BCUT2D eigenvalue weighted by atomic mass is 10.0. The quantitative estimate of drug-likeness (QED) is 0.0413. The van der Waals surface area contributed by atoms with Crippen molar-refractivity contribution < 1.29 is 28.7 Å². The molecule has 0 spiro atoms. The van der Waals surface area contributed by atoms with Crippen molar-refractivity contribution in [2.24, 2.45) is 52.3 Å². The minimum atomic E-state index is -0.537. The van der Waals surface area contributed by atoms with Gasteiger partial charge >= 0.3 is 0 Å². The molecule has 0 aliphatic carbocycles. The Morgan fingerprint density at radius 3 is 0.784 bits per heavy atom. The molecule has 0 radical (unpaired) electrons. The van der Waals surface area contributed by atoms with Crippen LogP contribution >= 0.6 is 92.0 Å². The van der Waals surface area contributed by atoms with E-state index in [1.165, 1.54) is 88.0 Å². The number of nitrogens with zero attached hydrogens (tertiary/aromatic N) is 10. The molecule has 15 aromatic rings. The molecule has 5 atom stereocenters. The third-order valence-corrected chi connectivity index (χ3v) is 32.8. The average molecular weight is 1810 g/mol. The zero-order valence-electron chi connectivity index (χ0n) is 70.0. The van der Waals surface area contributed by atoms with Crippen molar-refractivity contribution in [3.05, 3.63) is 236 Å². The molecule has 5 aliphatic heterocycles. The molecular formula is C95H96N16O6S8. The number of hydrogen-bond donors (Lipinski definition) is 6. The van der Waals surface area contributed by atoms with Crippen LogP contribution in [0.1, 0.15) is 147 Å². The molecule has 5 fully saturated rings. The molecular weight excluding hydrogens is 1720 g/mol. The van der Waals surface area contributed by atoms with Gasteiger partial charge in [0.2, 0.25) is 0 Å². The standard InChI is InChI=1S/C19H20N4OS.C19H19N3O2S.3C19H19N3OS2/c1-11-4-6-12(7-5-11)16-10-14-15(9-13-3-2-8-21-13)22-23-17(19(20)24)18(14)25-16;4*1-11-2-4-13(5-3-11)16-9-14-15(8-12-6-7-24-10-12)21-22-17(19(20)23)18(14)25-16/h4-7,10,13,21H,2-3,8-9H2,1H3,(H2,20,24);4*2-5,9,12H,6-8,10H2,1H3,(H2,20,23). The summed E-state index contributed by atoms with van der Waals surface area (Å²) in [5.41, 5.74) is 45.6. The number of aromatic nitrogens is 10. The molecule has 5 saturated heterocycles. The summed E-state index contributed by atoms with van der Waals surface area (Å²) in [5, 5.41) is 51.0. The Labute approximate surface area is 757 Å². The van der Waals surface area contributed by atoms with Crippen LogP contribution in [0.2, 0.25) is 0 Å². The Morgan fingerprint density at radius 2 is 0.576 bits per heavy atom. The monoisotopic (exact) mass is 1810 g/mol. The fraction of sp³-hybridized carbons (Fsp3) is 0.316. The van der Waals surface area contributed by atoms with Crippen LogP contribution in [0.5, 0.6) is 0 Å². The minimum absolute atomic E-state index is 0.254. The Morgan fingerprint density at radius 1 is 0.328 bits per heavy atom. The number of carbonyl (C=O) groups is 5. The van der Waals surface area contributed by atoms with Gasteiger partial charge < -0.3 is 38.7 Å². The summed E-state index contributed by atoms with van der Waals surface area (Å²) < 4.78 is 9.71. The van der Waals surface area contributed by atoms with E-state index in [9.17, 15) is 24.0 Å². The molecule has 5 amide bonds. The molecule has 125 heavy (non-hydrogen) atoms. The van der Waals surface area contributed by atoms with Crippen LogP contribution in [-0.2, 0) is 36.8 Å². The second kappa shape index (κ2) is 40.1. The molecule has 5 unspecified atom stereocenters. The van der Waals surface area contributed by atoms with E-state index in [2.05, 4.69) is 243 Å². The van der Waals surface area contributed by atoms with Gasteiger partial charge in [0, 0.05) is 77.0 Å². The molecule has 22 nitrogen and oxygen atoms in total. The number of amides is 5. The van der Waals surface area contributed by atoms with E-state index in [4.69, 9.17) is 33.4 Å². The molecule has 0 saturated carbocycles. The number of rotatable bonds is 20. The van der Waals surface area contributed by atoms with Crippen LogP contribution in [0.3, 0.4) is 0 Å². The molecule has 30 heteroatoms. The zero-order chi connectivity index (χ0) is 86.9. The lowest BCUT2D eigenvalue weighted by Crippen LogP contribution is -2.24. The summed E-state index contributed by atoms with van der Waals surface area (Å²) in [4.78, 5) is 64.5. The van der Waals surface area contributed by atoms with Crippen molar-refractivity contribution in [1.82, 2.24) is 56.3 Å². The SMILES string of the molecule is Cc1ccc(-c2cc3c(CC4CCCN4)nnc(C(N)=O)c3s2)cc1.Cc1ccc(-c2cc3c(CC4CCOC4)nnc(C(N)=O)c3s2)cc1.Cc1ccc(-c2cc3c(CC4CCSC4)nnc(C(N)=O)c3s2)cc1.Cc1ccc(-c2cc3c(CC4CCSC4)nnc(C(N)=O)c3s2)cc1.Cc1ccc(-c2cc3c(CC4CCSC4)nnc(C(N)=O)c3s2)cc1. The summed E-state index contributed by atoms with van der Waals surface area (Å²) in [6.45, 7) is 13.0. The van der Waals surface area contributed by atoms with E-state index < -0.39 is 29.5 Å². The topological polar surface area (TPSA) is 366 Å². The van der Waals surface area contributed by atoms with Crippen LogP contribution in [0, 0.1) is 58.3 Å². The summed E-state index contributed by atoms with van der Waals surface area (Å²) in [6.07, 6.45) is 11.4. The average Bonchev–Trinajstić information content (AvgIpc) is 1.66. The molecule has 640 valence electrons. The number of carbonyl (C=O) groups excluding carboxylic acids is 5. The third kappa shape index (κ3) is 21.0. The van der Waals surface area contributed by atoms with Crippen molar-refractivity contribution in [2.45, 2.75) is 111 Å². The highest BCUT2D eigenvalue weighted by Crippen LogP contribution is 2.44. The fourth-order valence-electron chi connectivity index (χ4n) is 16.1. The van der Waals surface area contributed by atoms with Gasteiger partial charge in [-0.15, -0.1) is 82.2 Å². The Hall–Kier alpha value is -10.4. The van der Waals surface area contributed by atoms with Gasteiger partial charge in [0.1, 0.15) is 0 Å². The number of aryl methyl sites for hydroxylation is 5. The van der Waals surface area contributed by atoms with Gasteiger partial charge in [-0.05, 0) is 222 Å². The van der Waals surface area contributed by atoms with Crippen LogP contribution in [0.25, 0.3) is 103 Å². The van der Waals surface area contributed by atoms with Gasteiger partial charge in [0.05, 0.1) is 52.0 Å². The maximum atomic E-state index is 11.8. The Bertz CT molecular complexity index is 5540. The van der Waals surface area contributed by atoms with Gasteiger partial charge in [-0.25, -0.2) is 0 Å². The summed E-state index contributed by atoms with van der Waals surface area (Å²) in [6, 6.07) is 53.1. The number of thioether (sulfide) groups is 3. The molecule has 11 N–H and O–H groups in total. The highest BCUT2D eigenvalue weighted by molar-refractivity contribution is 7.99. The number of benzene rings is 5. The smallest absolute Gasteiger partial charge is 0.270 e. The largest absolute Gasteiger partial charge is 0.381 e. The van der Waals surface area contributed by atoms with Crippen molar-refractivity contribution in [2.75, 3.05) is 54.3 Å². The molecule has 5 aromatic carbocycles. The van der Waals surface area contributed by atoms with Gasteiger partial charge in [-0.1, -0.05) is 149 Å². The summed E-state index contributed by atoms with van der Waals surface area (Å²) in [5.74, 6) is 6.97. The predicted molar refractivity (Wildman–Crippen MR) is 515 cm³/mol. The highest BCUT2D eigenvalue weighted by atomic mass is 32.2. The Balaban J connectivity index is 0.000000115. The van der Waals surface area contributed by atoms with Crippen molar-refractivity contribution in [3.63, 3.8) is 0 Å². The first-order valence-corrected chi connectivity index (χ1v) is 49.5. The Kier molecular flexibility index (Phi) is 28.2. The number of hydrogen-bond acceptors (Lipinski definition) is 25. The first-order chi connectivity index (χ1) is 60.6. The number of thiophene rings is 5. The number of ether oxygens (including phenoxy) is 1. The highest BCUT2D eigenvalue weighted by Gasteiger charge is 2.29. The summed E-state index contributed by atoms with van der Waals surface area (Å²) in [7, 11) is 0. The normalized spacial score (nSPS) is 17.2. The second-order valence-corrected chi connectivity index (χ2v) is 41.3. The zero-order valence-corrected chi connectivity index (χ0v) is 76.6. The van der Waals surface area contributed by atoms with Crippen molar-refractivity contribution in [1.29, 1.82) is 0 Å². The predicted octanol–water partition coefficient (Wildman–Crippen LogP) is 18.6. The third-order valence-electron chi connectivity index (χ3n) is 23.1. The number of nitrogens with one attached hydrogen (secondary N) is 1. The number of primary amides is 5. The molecule has 5 aliphatic rings. The minimum Gasteiger partial charge on any atom is -0.381 e. The van der Waals surface area contributed by atoms with Crippen LogP contribution in [-0.4, -0.2) is 141 Å². The number of nitrogens with two attached hydrogens (primary N) is 5. The first kappa shape index (κ1) is 88.1. The van der Waals surface area contributed by atoms with Crippen LogP contribution < -0.4 is 34.0 Å². The maximum absolute atomic E-state index is 11.8. The van der Waals surface area contributed by atoms with Gasteiger partial charge in [0.25, 0.3) is 29.5 Å². The van der Waals surface area contributed by atoms with Gasteiger partial charge in [-0.2, -0.15) is 60.8 Å².